The minimum atomic E-state index is 0.379. The second kappa shape index (κ2) is 4.31. The van der Waals surface area contributed by atoms with Gasteiger partial charge in [0.2, 0.25) is 0 Å². The number of halogens is 3. The minimum absolute atomic E-state index is 0.379. The van der Waals surface area contributed by atoms with Crippen molar-refractivity contribution in [2.75, 3.05) is 5.73 Å². The van der Waals surface area contributed by atoms with Crippen molar-refractivity contribution in [2.45, 2.75) is 0 Å². The van der Waals surface area contributed by atoms with E-state index in [2.05, 4.69) is 43.7 Å². The summed E-state index contributed by atoms with van der Waals surface area (Å²) < 4.78 is 6.81. The van der Waals surface area contributed by atoms with Gasteiger partial charge in [-0.1, -0.05) is 32.7 Å². The summed E-state index contributed by atoms with van der Waals surface area (Å²) in [6, 6.07) is 5.54. The van der Waals surface area contributed by atoms with E-state index in [0.29, 0.717) is 16.6 Å². The summed E-state index contributed by atoms with van der Waals surface area (Å²) >= 11 is 11.5. The molecular weight excluding hydrogens is 394 g/mol. The number of hydrogen-bond acceptors (Lipinski definition) is 3. The molecule has 0 aliphatic rings. The predicted molar refractivity (Wildman–Crippen MR) is 71.8 cm³/mol. The van der Waals surface area contributed by atoms with Crippen LogP contribution < -0.4 is 5.73 Å². The fourth-order valence-electron chi connectivity index (χ4n) is 1.13. The van der Waals surface area contributed by atoms with Crippen LogP contribution in [0.15, 0.2) is 27.2 Å². The first-order valence-corrected chi connectivity index (χ1v) is 6.20. The SMILES string of the molecule is Nc1noc(-c2ccc(Br)cc2Cl)c1I. The number of nitrogen functional groups attached to an aromatic ring is 1. The first-order valence-electron chi connectivity index (χ1n) is 3.95. The van der Waals surface area contributed by atoms with Crippen molar-refractivity contribution < 1.29 is 4.52 Å². The number of aromatic nitrogens is 1. The first-order chi connectivity index (χ1) is 7.09. The maximum Gasteiger partial charge on any atom is 0.183 e. The van der Waals surface area contributed by atoms with Crippen molar-refractivity contribution >= 4 is 55.9 Å². The summed E-state index contributed by atoms with van der Waals surface area (Å²) in [6.07, 6.45) is 0. The zero-order valence-corrected chi connectivity index (χ0v) is 11.8. The van der Waals surface area contributed by atoms with E-state index in [4.69, 9.17) is 21.9 Å². The Kier molecular flexibility index (Phi) is 3.22. The van der Waals surface area contributed by atoms with Gasteiger partial charge < -0.3 is 10.3 Å². The van der Waals surface area contributed by atoms with Crippen molar-refractivity contribution in [3.05, 3.63) is 31.3 Å². The van der Waals surface area contributed by atoms with Gasteiger partial charge in [0.05, 0.1) is 5.02 Å². The second-order valence-electron chi connectivity index (χ2n) is 2.84. The van der Waals surface area contributed by atoms with Crippen LogP contribution in [0, 0.1) is 3.57 Å². The van der Waals surface area contributed by atoms with E-state index < -0.39 is 0 Å². The molecule has 78 valence electrons. The molecule has 1 aromatic heterocycles. The molecule has 0 radical (unpaired) electrons. The Labute approximate surface area is 113 Å². The molecule has 1 aromatic carbocycles. The van der Waals surface area contributed by atoms with Crippen molar-refractivity contribution in [1.29, 1.82) is 0 Å². The Balaban J connectivity index is 2.59. The molecule has 0 fully saturated rings. The Hall–Kier alpha value is -0.270. The Bertz CT molecular complexity index is 515. The molecule has 6 heteroatoms. The molecule has 0 aliphatic carbocycles. The van der Waals surface area contributed by atoms with Gasteiger partial charge in [0.15, 0.2) is 11.6 Å². The number of nitrogens with zero attached hydrogens (tertiary/aromatic N) is 1. The molecule has 2 aromatic rings. The average Bonchev–Trinajstić information content (AvgIpc) is 2.49. The molecular formula is C9H5BrClIN2O. The molecule has 2 rings (SSSR count). The molecule has 0 bridgehead atoms. The molecule has 1 heterocycles. The van der Waals surface area contributed by atoms with Crippen molar-refractivity contribution in [2.24, 2.45) is 0 Å². The van der Waals surface area contributed by atoms with E-state index >= 15 is 0 Å². The molecule has 15 heavy (non-hydrogen) atoms. The molecule has 2 N–H and O–H groups in total. The fraction of sp³-hybridized carbons (Fsp3) is 0. The molecule has 3 nitrogen and oxygen atoms in total. The quantitative estimate of drug-likeness (QED) is 0.739. The van der Waals surface area contributed by atoms with Gasteiger partial charge in [-0.25, -0.2) is 0 Å². The topological polar surface area (TPSA) is 52.0 Å². The normalized spacial score (nSPS) is 10.6. The smallest absolute Gasteiger partial charge is 0.183 e. The van der Waals surface area contributed by atoms with Crippen LogP contribution in [0.4, 0.5) is 5.82 Å². The number of anilines is 1. The lowest BCUT2D eigenvalue weighted by Crippen LogP contribution is -1.86. The number of nitrogens with two attached hydrogens (primary N) is 1. The van der Waals surface area contributed by atoms with Gasteiger partial charge >= 0.3 is 0 Å². The van der Waals surface area contributed by atoms with Gasteiger partial charge in [0.25, 0.3) is 0 Å². The second-order valence-corrected chi connectivity index (χ2v) is 5.24. The maximum absolute atomic E-state index is 6.08. The van der Waals surface area contributed by atoms with E-state index in [-0.39, 0.29) is 0 Å². The van der Waals surface area contributed by atoms with Gasteiger partial charge in [-0.15, -0.1) is 0 Å². The molecule has 0 spiro atoms. The van der Waals surface area contributed by atoms with Gasteiger partial charge in [0.1, 0.15) is 3.57 Å². The lowest BCUT2D eigenvalue weighted by atomic mass is 10.2. The van der Waals surface area contributed by atoms with Crippen LogP contribution >= 0.6 is 50.1 Å². The van der Waals surface area contributed by atoms with Crippen LogP contribution in [0.5, 0.6) is 0 Å². The first kappa shape index (κ1) is 11.2. The van der Waals surface area contributed by atoms with Gasteiger partial charge in [-0.3, -0.25) is 0 Å². The standard InChI is InChI=1S/C9H5BrClIN2O/c10-4-1-2-5(6(11)3-4)8-7(12)9(13)14-15-8/h1-3H,(H2,13,14). The van der Waals surface area contributed by atoms with Crippen LogP contribution in [0.2, 0.25) is 5.02 Å². The summed E-state index contributed by atoms with van der Waals surface area (Å²) in [4.78, 5) is 0. The van der Waals surface area contributed by atoms with Crippen LogP contribution in [-0.2, 0) is 0 Å². The molecule has 0 aliphatic heterocycles. The van der Waals surface area contributed by atoms with Crippen LogP contribution in [-0.4, -0.2) is 5.16 Å². The van der Waals surface area contributed by atoms with Gasteiger partial charge in [-0.05, 0) is 40.8 Å². The summed E-state index contributed by atoms with van der Waals surface area (Å²) in [7, 11) is 0. The molecule has 0 amide bonds. The van der Waals surface area contributed by atoms with Gasteiger partial charge in [-0.2, -0.15) is 0 Å². The number of hydrogen-bond donors (Lipinski definition) is 1. The van der Waals surface area contributed by atoms with E-state index in [1.54, 1.807) is 6.07 Å². The highest BCUT2D eigenvalue weighted by Crippen LogP contribution is 2.35. The summed E-state index contributed by atoms with van der Waals surface area (Å²) in [5.41, 5.74) is 6.38. The Morgan fingerprint density at radius 1 is 1.47 bits per heavy atom. The van der Waals surface area contributed by atoms with Gasteiger partial charge in [0, 0.05) is 10.0 Å². The summed E-state index contributed by atoms with van der Waals surface area (Å²) in [6.45, 7) is 0. The average molecular weight is 399 g/mol. The van der Waals surface area contributed by atoms with E-state index in [9.17, 15) is 0 Å². The molecule has 0 saturated carbocycles. The van der Waals surface area contributed by atoms with E-state index in [1.165, 1.54) is 0 Å². The monoisotopic (exact) mass is 398 g/mol. The maximum atomic E-state index is 6.08. The third-order valence-corrected chi connectivity index (χ3v) is 3.68. The third kappa shape index (κ3) is 2.14. The molecule has 0 unspecified atom stereocenters. The van der Waals surface area contributed by atoms with Crippen LogP contribution in [0.25, 0.3) is 11.3 Å². The Morgan fingerprint density at radius 2 is 2.20 bits per heavy atom. The van der Waals surface area contributed by atoms with Crippen molar-refractivity contribution in [3.8, 4) is 11.3 Å². The highest BCUT2D eigenvalue weighted by atomic mass is 127. The summed E-state index contributed by atoms with van der Waals surface area (Å²) in [5.74, 6) is 0.982. The molecule has 0 saturated heterocycles. The van der Waals surface area contributed by atoms with Crippen LogP contribution in [0.3, 0.4) is 0 Å². The predicted octanol–water partition coefficient (Wildman–Crippen LogP) is 3.94. The molecule has 0 atom stereocenters. The lowest BCUT2D eigenvalue weighted by molar-refractivity contribution is 0.435. The van der Waals surface area contributed by atoms with Crippen LogP contribution in [0.1, 0.15) is 0 Å². The van der Waals surface area contributed by atoms with Crippen molar-refractivity contribution in [3.63, 3.8) is 0 Å². The minimum Gasteiger partial charge on any atom is -0.380 e. The van der Waals surface area contributed by atoms with Crippen molar-refractivity contribution in [1.82, 2.24) is 5.16 Å². The number of rotatable bonds is 1. The van der Waals surface area contributed by atoms with E-state index in [1.807, 2.05) is 12.1 Å². The summed E-state index contributed by atoms with van der Waals surface area (Å²) in [5, 5.41) is 4.28. The Morgan fingerprint density at radius 3 is 2.73 bits per heavy atom. The zero-order chi connectivity index (χ0) is 11.0. The van der Waals surface area contributed by atoms with E-state index in [0.717, 1.165) is 13.6 Å². The lowest BCUT2D eigenvalue weighted by Gasteiger charge is -2.00. The third-order valence-electron chi connectivity index (χ3n) is 1.84. The number of benzene rings is 1. The zero-order valence-electron chi connectivity index (χ0n) is 7.30. The fourth-order valence-corrected chi connectivity index (χ4v) is 2.38. The highest BCUT2D eigenvalue weighted by molar-refractivity contribution is 14.1. The largest absolute Gasteiger partial charge is 0.380 e. The highest BCUT2D eigenvalue weighted by Gasteiger charge is 2.15.